The van der Waals surface area contributed by atoms with E-state index in [0.717, 1.165) is 22.9 Å². The first-order chi connectivity index (χ1) is 10.7. The Labute approximate surface area is 132 Å². The lowest BCUT2D eigenvalue weighted by atomic mass is 9.57. The van der Waals surface area contributed by atoms with Gasteiger partial charge in [0.1, 0.15) is 0 Å². The molecule has 22 heavy (non-hydrogen) atoms. The predicted octanol–water partition coefficient (Wildman–Crippen LogP) is 4.74. The molecule has 0 heterocycles. The molecule has 2 heteroatoms. The Morgan fingerprint density at radius 2 is 1.45 bits per heavy atom. The fraction of sp³-hybridized carbons (Fsp3) is 0.400. The van der Waals surface area contributed by atoms with Crippen LogP contribution in [0.5, 0.6) is 0 Å². The Bertz CT molecular complexity index is 669. The van der Waals surface area contributed by atoms with E-state index in [0.29, 0.717) is 0 Å². The van der Waals surface area contributed by atoms with Gasteiger partial charge in [-0.1, -0.05) is 36.4 Å². The van der Waals surface area contributed by atoms with Crippen LogP contribution < -0.4 is 11.5 Å². The molecule has 2 nitrogen and oxygen atoms in total. The molecular formula is C20H24N2. The van der Waals surface area contributed by atoms with Crippen LogP contribution >= 0.6 is 0 Å². The third kappa shape index (κ3) is 2.01. The molecule has 0 aromatic heterocycles. The number of hydrogen-bond acceptors (Lipinski definition) is 2. The van der Waals surface area contributed by atoms with E-state index in [4.69, 9.17) is 11.5 Å². The Morgan fingerprint density at radius 1 is 0.818 bits per heavy atom. The summed E-state index contributed by atoms with van der Waals surface area (Å²) in [6.07, 6.45) is 7.79. The Morgan fingerprint density at radius 3 is 2.09 bits per heavy atom. The summed E-state index contributed by atoms with van der Waals surface area (Å²) in [5.41, 5.74) is 18.6. The zero-order chi connectivity index (χ0) is 15.2. The van der Waals surface area contributed by atoms with Gasteiger partial charge in [0, 0.05) is 22.5 Å². The Hall–Kier alpha value is -1.96. The molecule has 2 aromatic rings. The summed E-state index contributed by atoms with van der Waals surface area (Å²) in [6.45, 7) is 0. The minimum atomic E-state index is 0.230. The highest BCUT2D eigenvalue weighted by Crippen LogP contribution is 2.55. The van der Waals surface area contributed by atoms with Crippen molar-refractivity contribution in [3.8, 4) is 11.1 Å². The van der Waals surface area contributed by atoms with Crippen LogP contribution in [0.15, 0.2) is 42.5 Å². The van der Waals surface area contributed by atoms with Crippen LogP contribution in [0.4, 0.5) is 11.4 Å². The van der Waals surface area contributed by atoms with Crippen molar-refractivity contribution in [2.24, 2.45) is 5.92 Å². The minimum absolute atomic E-state index is 0.230. The maximum absolute atomic E-state index is 6.65. The molecule has 3 fully saturated rings. The smallest absolute Gasteiger partial charge is 0.0452 e. The van der Waals surface area contributed by atoms with Crippen molar-refractivity contribution in [2.45, 2.75) is 43.9 Å². The molecule has 0 radical (unpaired) electrons. The normalized spacial score (nSPS) is 27.0. The third-order valence-electron chi connectivity index (χ3n) is 5.99. The van der Waals surface area contributed by atoms with E-state index < -0.39 is 0 Å². The van der Waals surface area contributed by atoms with Gasteiger partial charge in [-0.05, 0) is 61.5 Å². The minimum Gasteiger partial charge on any atom is -0.398 e. The van der Waals surface area contributed by atoms with Crippen LogP contribution in [0.1, 0.15) is 44.1 Å². The molecule has 3 saturated carbocycles. The fourth-order valence-electron chi connectivity index (χ4n) is 4.72. The van der Waals surface area contributed by atoms with Crippen molar-refractivity contribution in [3.63, 3.8) is 0 Å². The summed E-state index contributed by atoms with van der Waals surface area (Å²) in [7, 11) is 0. The summed E-state index contributed by atoms with van der Waals surface area (Å²) < 4.78 is 0. The van der Waals surface area contributed by atoms with E-state index in [1.807, 2.05) is 6.07 Å². The molecule has 0 amide bonds. The Kier molecular flexibility index (Phi) is 3.14. The van der Waals surface area contributed by atoms with Crippen LogP contribution in [0.2, 0.25) is 0 Å². The zero-order valence-electron chi connectivity index (χ0n) is 13.0. The summed E-state index contributed by atoms with van der Waals surface area (Å²) in [6, 6.07) is 14.6. The molecule has 0 unspecified atom stereocenters. The highest BCUT2D eigenvalue weighted by atomic mass is 14.7. The number of hydrogen-bond donors (Lipinski definition) is 2. The second-order valence-electron chi connectivity index (χ2n) is 7.12. The quantitative estimate of drug-likeness (QED) is 0.785. The molecule has 0 aliphatic heterocycles. The van der Waals surface area contributed by atoms with E-state index >= 15 is 0 Å². The molecule has 4 N–H and O–H groups in total. The van der Waals surface area contributed by atoms with Gasteiger partial charge in [-0.3, -0.25) is 0 Å². The Balaban J connectivity index is 1.86. The van der Waals surface area contributed by atoms with Gasteiger partial charge in [0.2, 0.25) is 0 Å². The lowest BCUT2D eigenvalue weighted by Crippen LogP contribution is -2.38. The van der Waals surface area contributed by atoms with Gasteiger partial charge < -0.3 is 11.5 Å². The van der Waals surface area contributed by atoms with Crippen LogP contribution in [0.3, 0.4) is 0 Å². The maximum atomic E-state index is 6.65. The molecule has 0 saturated heterocycles. The van der Waals surface area contributed by atoms with Crippen molar-refractivity contribution in [1.29, 1.82) is 0 Å². The van der Waals surface area contributed by atoms with Crippen molar-refractivity contribution >= 4 is 11.4 Å². The van der Waals surface area contributed by atoms with E-state index in [9.17, 15) is 0 Å². The van der Waals surface area contributed by atoms with Gasteiger partial charge in [-0.2, -0.15) is 0 Å². The van der Waals surface area contributed by atoms with Gasteiger partial charge in [0.05, 0.1) is 0 Å². The zero-order valence-corrected chi connectivity index (χ0v) is 13.0. The van der Waals surface area contributed by atoms with Gasteiger partial charge in [-0.15, -0.1) is 0 Å². The molecule has 3 aliphatic carbocycles. The molecule has 2 bridgehead atoms. The van der Waals surface area contributed by atoms with Crippen molar-refractivity contribution in [1.82, 2.24) is 0 Å². The summed E-state index contributed by atoms with van der Waals surface area (Å²) >= 11 is 0. The SMILES string of the molecule is Nc1ccc(-c2ccccc2)c(N)c1C12CCC(CC1)CC2. The largest absolute Gasteiger partial charge is 0.398 e. The molecule has 5 rings (SSSR count). The van der Waals surface area contributed by atoms with Gasteiger partial charge in [0.25, 0.3) is 0 Å². The number of benzene rings is 2. The molecule has 2 aromatic carbocycles. The second kappa shape index (κ2) is 5.05. The van der Waals surface area contributed by atoms with Gasteiger partial charge in [-0.25, -0.2) is 0 Å². The number of rotatable bonds is 2. The number of nitrogen functional groups attached to an aromatic ring is 2. The monoisotopic (exact) mass is 292 g/mol. The van der Waals surface area contributed by atoms with Crippen molar-refractivity contribution < 1.29 is 0 Å². The van der Waals surface area contributed by atoms with E-state index in [-0.39, 0.29) is 5.41 Å². The topological polar surface area (TPSA) is 52.0 Å². The molecule has 0 atom stereocenters. The average molecular weight is 292 g/mol. The lowest BCUT2D eigenvalue weighted by Gasteiger charge is -2.48. The van der Waals surface area contributed by atoms with Gasteiger partial charge >= 0.3 is 0 Å². The first-order valence-corrected chi connectivity index (χ1v) is 8.43. The summed E-state index contributed by atoms with van der Waals surface area (Å²) in [4.78, 5) is 0. The summed E-state index contributed by atoms with van der Waals surface area (Å²) in [5, 5.41) is 0. The van der Waals surface area contributed by atoms with Crippen molar-refractivity contribution in [2.75, 3.05) is 11.5 Å². The standard InChI is InChI=1S/C20H24N2/c21-17-7-6-16(15-4-2-1-3-5-15)19(22)18(17)20-11-8-14(9-12-20)10-13-20/h1-7,14H,8-13,21-22H2. The second-order valence-corrected chi connectivity index (χ2v) is 7.12. The average Bonchev–Trinajstić information content (AvgIpc) is 2.57. The highest BCUT2D eigenvalue weighted by Gasteiger charge is 2.43. The van der Waals surface area contributed by atoms with Gasteiger partial charge in [0.15, 0.2) is 0 Å². The number of fused-ring (bicyclic) bond motifs is 3. The first kappa shape index (κ1) is 13.7. The van der Waals surface area contributed by atoms with Crippen LogP contribution in [-0.2, 0) is 5.41 Å². The van der Waals surface area contributed by atoms with Crippen LogP contribution in [-0.4, -0.2) is 0 Å². The van der Waals surface area contributed by atoms with E-state index in [2.05, 4.69) is 36.4 Å². The van der Waals surface area contributed by atoms with E-state index in [1.54, 1.807) is 0 Å². The maximum Gasteiger partial charge on any atom is 0.0452 e. The predicted molar refractivity (Wildman–Crippen MR) is 93.6 cm³/mol. The fourth-order valence-corrected chi connectivity index (χ4v) is 4.72. The van der Waals surface area contributed by atoms with Crippen LogP contribution in [0, 0.1) is 5.92 Å². The number of anilines is 2. The molecule has 114 valence electrons. The number of nitrogens with two attached hydrogens (primary N) is 2. The lowest BCUT2D eigenvalue weighted by molar-refractivity contribution is 0.137. The summed E-state index contributed by atoms with van der Waals surface area (Å²) in [5.74, 6) is 0.946. The highest BCUT2D eigenvalue weighted by molar-refractivity contribution is 5.83. The first-order valence-electron chi connectivity index (χ1n) is 8.43. The van der Waals surface area contributed by atoms with Crippen molar-refractivity contribution in [3.05, 3.63) is 48.0 Å². The molecule has 3 aliphatic rings. The molecule has 0 spiro atoms. The molecular weight excluding hydrogens is 268 g/mol. The van der Waals surface area contributed by atoms with Crippen LogP contribution in [0.25, 0.3) is 11.1 Å². The third-order valence-corrected chi connectivity index (χ3v) is 5.99. The van der Waals surface area contributed by atoms with E-state index in [1.165, 1.54) is 49.7 Å².